The Kier molecular flexibility index (Phi) is 4.56. The number of carbonyl (C=O) groups excluding carboxylic acids is 1. The number of benzene rings is 1. The highest BCUT2D eigenvalue weighted by molar-refractivity contribution is 5.89. The predicted molar refractivity (Wildman–Crippen MR) is 75.2 cm³/mol. The van der Waals surface area contributed by atoms with Crippen LogP contribution in [-0.2, 0) is 11.3 Å². The van der Waals surface area contributed by atoms with E-state index in [0.29, 0.717) is 11.6 Å². The van der Waals surface area contributed by atoms with E-state index in [1.807, 2.05) is 24.3 Å². The van der Waals surface area contributed by atoms with Crippen molar-refractivity contribution in [2.75, 3.05) is 34.3 Å². The quantitative estimate of drug-likeness (QED) is 0.772. The summed E-state index contributed by atoms with van der Waals surface area (Å²) in [7, 11) is 5.68. The molecule has 1 saturated heterocycles. The highest BCUT2D eigenvalue weighted by Crippen LogP contribution is 2.16. The summed E-state index contributed by atoms with van der Waals surface area (Å²) in [4.78, 5) is 16.1. The van der Waals surface area contributed by atoms with Crippen molar-refractivity contribution >= 4 is 5.97 Å². The Bertz CT molecular complexity index is 428. The number of rotatable bonds is 4. The molecule has 1 aromatic rings. The molecule has 0 radical (unpaired) electrons. The van der Waals surface area contributed by atoms with Crippen LogP contribution < -0.4 is 0 Å². The molecule has 2 rings (SSSR count). The molecule has 0 saturated carbocycles. The van der Waals surface area contributed by atoms with Gasteiger partial charge in [-0.1, -0.05) is 12.1 Å². The molecular formula is C15H22N2O2. The van der Waals surface area contributed by atoms with Crippen molar-refractivity contribution in [3.63, 3.8) is 0 Å². The van der Waals surface area contributed by atoms with Gasteiger partial charge in [-0.2, -0.15) is 0 Å². The standard InChI is InChI=1S/C15H22N2O2/c1-16(2)14-8-9-17(11-14)10-12-4-6-13(7-5-12)15(18)19-3/h4-7,14H,8-11H2,1-3H3. The third-order valence-electron chi connectivity index (χ3n) is 3.76. The molecule has 4 heteroatoms. The summed E-state index contributed by atoms with van der Waals surface area (Å²) >= 11 is 0. The topological polar surface area (TPSA) is 32.8 Å². The Morgan fingerprint density at radius 3 is 2.58 bits per heavy atom. The lowest BCUT2D eigenvalue weighted by Gasteiger charge is -2.20. The SMILES string of the molecule is COC(=O)c1ccc(CN2CCC(N(C)C)C2)cc1. The first-order valence-corrected chi connectivity index (χ1v) is 6.66. The van der Waals surface area contributed by atoms with Crippen LogP contribution in [0.3, 0.4) is 0 Å². The normalized spacial score (nSPS) is 19.9. The Hall–Kier alpha value is -1.39. The fourth-order valence-corrected chi connectivity index (χ4v) is 2.50. The van der Waals surface area contributed by atoms with E-state index in [1.54, 1.807) is 0 Å². The van der Waals surface area contributed by atoms with Crippen LogP contribution in [0.15, 0.2) is 24.3 Å². The highest BCUT2D eigenvalue weighted by Gasteiger charge is 2.23. The summed E-state index contributed by atoms with van der Waals surface area (Å²) in [5.74, 6) is -0.277. The molecule has 104 valence electrons. The van der Waals surface area contributed by atoms with Crippen LogP contribution in [-0.4, -0.2) is 56.1 Å². The lowest BCUT2D eigenvalue weighted by Crippen LogP contribution is -2.31. The van der Waals surface area contributed by atoms with E-state index in [0.717, 1.165) is 19.6 Å². The molecule has 1 heterocycles. The average Bonchev–Trinajstić information content (AvgIpc) is 2.87. The van der Waals surface area contributed by atoms with Crippen molar-refractivity contribution in [3.8, 4) is 0 Å². The fourth-order valence-electron chi connectivity index (χ4n) is 2.50. The summed E-state index contributed by atoms with van der Waals surface area (Å²) in [6.07, 6.45) is 1.23. The zero-order valence-electron chi connectivity index (χ0n) is 11.9. The number of carbonyl (C=O) groups is 1. The molecule has 4 nitrogen and oxygen atoms in total. The Morgan fingerprint density at radius 1 is 1.37 bits per heavy atom. The first-order chi connectivity index (χ1) is 9.10. The van der Waals surface area contributed by atoms with E-state index in [4.69, 9.17) is 4.74 Å². The Morgan fingerprint density at radius 2 is 2.05 bits per heavy atom. The van der Waals surface area contributed by atoms with Gasteiger partial charge in [0.25, 0.3) is 0 Å². The van der Waals surface area contributed by atoms with Gasteiger partial charge in [-0.3, -0.25) is 4.90 Å². The Labute approximate surface area is 115 Å². The summed E-state index contributed by atoms with van der Waals surface area (Å²) in [6, 6.07) is 8.35. The maximum absolute atomic E-state index is 11.3. The van der Waals surface area contributed by atoms with Gasteiger partial charge in [0.15, 0.2) is 0 Å². The molecule has 1 aromatic carbocycles. The second kappa shape index (κ2) is 6.17. The maximum atomic E-state index is 11.3. The van der Waals surface area contributed by atoms with Crippen LogP contribution in [0.1, 0.15) is 22.3 Å². The number of likely N-dealkylation sites (tertiary alicyclic amines) is 1. The van der Waals surface area contributed by atoms with Gasteiger partial charge >= 0.3 is 5.97 Å². The van der Waals surface area contributed by atoms with Gasteiger partial charge in [0.1, 0.15) is 0 Å². The van der Waals surface area contributed by atoms with Gasteiger partial charge in [0, 0.05) is 25.7 Å². The molecule has 19 heavy (non-hydrogen) atoms. The third kappa shape index (κ3) is 3.55. The minimum atomic E-state index is -0.277. The van der Waals surface area contributed by atoms with Crippen molar-refractivity contribution < 1.29 is 9.53 Å². The van der Waals surface area contributed by atoms with Gasteiger partial charge in [0.2, 0.25) is 0 Å². The van der Waals surface area contributed by atoms with Gasteiger partial charge in [0.05, 0.1) is 12.7 Å². The number of methoxy groups -OCH3 is 1. The van der Waals surface area contributed by atoms with Gasteiger partial charge in [-0.15, -0.1) is 0 Å². The number of esters is 1. The van der Waals surface area contributed by atoms with Gasteiger partial charge in [-0.25, -0.2) is 4.79 Å². The largest absolute Gasteiger partial charge is 0.465 e. The number of hydrogen-bond acceptors (Lipinski definition) is 4. The molecule has 0 aromatic heterocycles. The minimum Gasteiger partial charge on any atom is -0.465 e. The number of nitrogens with zero attached hydrogens (tertiary/aromatic N) is 2. The first kappa shape index (κ1) is 14.0. The van der Waals surface area contributed by atoms with Crippen LogP contribution in [0, 0.1) is 0 Å². The van der Waals surface area contributed by atoms with E-state index in [-0.39, 0.29) is 5.97 Å². The van der Waals surface area contributed by atoms with E-state index in [9.17, 15) is 4.79 Å². The second-order valence-corrected chi connectivity index (χ2v) is 5.33. The second-order valence-electron chi connectivity index (χ2n) is 5.33. The van der Waals surface area contributed by atoms with E-state index >= 15 is 0 Å². The van der Waals surface area contributed by atoms with E-state index < -0.39 is 0 Å². The number of likely N-dealkylation sites (N-methyl/N-ethyl adjacent to an activating group) is 1. The molecule has 0 amide bonds. The summed E-state index contributed by atoms with van der Waals surface area (Å²) in [6.45, 7) is 3.21. The van der Waals surface area contributed by atoms with Crippen LogP contribution in [0.2, 0.25) is 0 Å². The van der Waals surface area contributed by atoms with Crippen LogP contribution >= 0.6 is 0 Å². The molecular weight excluding hydrogens is 240 g/mol. The zero-order chi connectivity index (χ0) is 13.8. The van der Waals surface area contributed by atoms with Crippen molar-refractivity contribution in [2.24, 2.45) is 0 Å². The monoisotopic (exact) mass is 262 g/mol. The first-order valence-electron chi connectivity index (χ1n) is 6.66. The highest BCUT2D eigenvalue weighted by atomic mass is 16.5. The van der Waals surface area contributed by atoms with Crippen molar-refractivity contribution in [3.05, 3.63) is 35.4 Å². The average molecular weight is 262 g/mol. The van der Waals surface area contributed by atoms with Crippen LogP contribution in [0.5, 0.6) is 0 Å². The minimum absolute atomic E-state index is 0.277. The molecule has 1 atom stereocenters. The molecule has 1 unspecified atom stereocenters. The lowest BCUT2D eigenvalue weighted by atomic mass is 10.1. The summed E-state index contributed by atoms with van der Waals surface area (Å²) in [5.41, 5.74) is 1.85. The molecule has 1 aliphatic rings. The summed E-state index contributed by atoms with van der Waals surface area (Å²) in [5, 5.41) is 0. The molecule has 0 spiro atoms. The predicted octanol–water partition coefficient (Wildman–Crippen LogP) is 1.61. The molecule has 0 aliphatic carbocycles. The van der Waals surface area contributed by atoms with Crippen LogP contribution in [0.25, 0.3) is 0 Å². The molecule has 0 N–H and O–H groups in total. The number of ether oxygens (including phenoxy) is 1. The Balaban J connectivity index is 1.92. The molecule has 1 fully saturated rings. The van der Waals surface area contributed by atoms with Crippen molar-refractivity contribution in [2.45, 2.75) is 19.0 Å². The maximum Gasteiger partial charge on any atom is 0.337 e. The third-order valence-corrected chi connectivity index (χ3v) is 3.76. The smallest absolute Gasteiger partial charge is 0.337 e. The number of hydrogen-bond donors (Lipinski definition) is 0. The van der Waals surface area contributed by atoms with Crippen LogP contribution in [0.4, 0.5) is 0 Å². The van der Waals surface area contributed by atoms with Crippen molar-refractivity contribution in [1.29, 1.82) is 0 Å². The molecule has 0 bridgehead atoms. The van der Waals surface area contributed by atoms with E-state index in [1.165, 1.54) is 19.1 Å². The zero-order valence-corrected chi connectivity index (χ0v) is 11.9. The lowest BCUT2D eigenvalue weighted by molar-refractivity contribution is 0.0600. The van der Waals surface area contributed by atoms with Gasteiger partial charge < -0.3 is 9.64 Å². The van der Waals surface area contributed by atoms with E-state index in [2.05, 4.69) is 23.9 Å². The molecule has 1 aliphatic heterocycles. The fraction of sp³-hybridized carbons (Fsp3) is 0.533. The van der Waals surface area contributed by atoms with Gasteiger partial charge in [-0.05, 0) is 38.2 Å². The van der Waals surface area contributed by atoms with Crippen molar-refractivity contribution in [1.82, 2.24) is 9.80 Å². The summed E-state index contributed by atoms with van der Waals surface area (Å²) < 4.78 is 4.70.